The third kappa shape index (κ3) is 4.36. The first-order chi connectivity index (χ1) is 22.9. The molecule has 1 aliphatic rings. The van der Waals surface area contributed by atoms with Crippen molar-refractivity contribution in [2.45, 2.75) is 38.9 Å². The molecule has 7 aromatic carbocycles. The van der Waals surface area contributed by atoms with Gasteiger partial charge >= 0.3 is 7.12 Å². The fourth-order valence-corrected chi connectivity index (χ4v) is 7.57. The average molecular weight is 624 g/mol. The summed E-state index contributed by atoms with van der Waals surface area (Å²) in [6, 6.07) is 34.3. The Morgan fingerprint density at radius 2 is 1.02 bits per heavy atom. The second-order valence-electron chi connectivity index (χ2n) is 14.3. The number of benzene rings is 7. The minimum absolute atomic E-state index is 0.0661. The quantitative estimate of drug-likeness (QED) is 0.135. The van der Waals surface area contributed by atoms with E-state index in [1.807, 2.05) is 35.7 Å². The van der Waals surface area contributed by atoms with E-state index in [0.717, 1.165) is 70.8 Å². The molecule has 7 aromatic rings. The fourth-order valence-electron chi connectivity index (χ4n) is 7.57. The smallest absolute Gasteiger partial charge is 0.494 e. The first-order valence-electron chi connectivity index (χ1n) is 16.7. The highest BCUT2D eigenvalue weighted by atomic mass is 16.7. The average Bonchev–Trinajstić information content (AvgIpc) is 3.31. The third-order valence-corrected chi connectivity index (χ3v) is 11.2. The van der Waals surface area contributed by atoms with Crippen LogP contribution in [0, 0.1) is 0 Å². The van der Waals surface area contributed by atoms with E-state index >= 15 is 0 Å². The van der Waals surface area contributed by atoms with Crippen molar-refractivity contribution in [3.05, 3.63) is 97.1 Å². The molecule has 8 rings (SSSR count). The van der Waals surface area contributed by atoms with Crippen LogP contribution in [0.2, 0.25) is 0 Å². The molecular weight excluding hydrogens is 588 g/mol. The highest BCUT2D eigenvalue weighted by molar-refractivity contribution is 6.62. The van der Waals surface area contributed by atoms with Gasteiger partial charge < -0.3 is 19.5 Å². The standard InChI is InChI=1S/C40H36B4O4/c1-39(2)40(3,4)48-44(47-39)22-17-18-24-29(20-22)23-12-6-5-11-21(23)19-30(24)31-25-13-7-9-15-27(25)32(28-16-10-8-14-26(28)31)33-34(41)35(42)36(43)38(46)37(33)45/h5-20,45-46H,41-43H2,1-4H3. The zero-order chi connectivity index (χ0) is 33.7. The highest BCUT2D eigenvalue weighted by Crippen LogP contribution is 2.48. The molecule has 2 N–H and O–H groups in total. The summed E-state index contributed by atoms with van der Waals surface area (Å²) in [6.45, 7) is 8.34. The predicted molar refractivity (Wildman–Crippen MR) is 211 cm³/mol. The Morgan fingerprint density at radius 1 is 0.500 bits per heavy atom. The maximum atomic E-state index is 11.5. The van der Waals surface area contributed by atoms with Crippen molar-refractivity contribution in [3.63, 3.8) is 0 Å². The molecule has 0 spiro atoms. The van der Waals surface area contributed by atoms with E-state index in [1.54, 1.807) is 0 Å². The molecular formula is C40H36B4O4. The molecule has 0 aliphatic carbocycles. The number of fused-ring (bicyclic) bond motifs is 5. The van der Waals surface area contributed by atoms with Gasteiger partial charge in [-0.2, -0.15) is 0 Å². The van der Waals surface area contributed by atoms with Crippen LogP contribution in [-0.4, -0.2) is 52.1 Å². The van der Waals surface area contributed by atoms with Crippen LogP contribution in [0.1, 0.15) is 27.7 Å². The van der Waals surface area contributed by atoms with Gasteiger partial charge in [-0.05, 0) is 93.4 Å². The minimum atomic E-state index is -0.465. The van der Waals surface area contributed by atoms with E-state index in [4.69, 9.17) is 9.31 Å². The van der Waals surface area contributed by atoms with Crippen molar-refractivity contribution in [2.24, 2.45) is 0 Å². The zero-order valence-corrected chi connectivity index (χ0v) is 28.5. The van der Waals surface area contributed by atoms with E-state index in [1.165, 1.54) is 5.39 Å². The molecule has 1 saturated heterocycles. The Morgan fingerprint density at radius 3 is 1.60 bits per heavy atom. The Balaban J connectivity index is 1.47. The molecule has 1 fully saturated rings. The van der Waals surface area contributed by atoms with Crippen molar-refractivity contribution in [1.82, 2.24) is 0 Å². The summed E-state index contributed by atoms with van der Waals surface area (Å²) in [7, 11) is 5.42. The monoisotopic (exact) mass is 624 g/mol. The summed E-state index contributed by atoms with van der Waals surface area (Å²) in [5.74, 6) is -0.145. The Hall–Kier alpha value is -4.64. The second kappa shape index (κ2) is 10.7. The number of aromatic hydroxyl groups is 2. The molecule has 0 aromatic heterocycles. The molecule has 0 amide bonds. The Kier molecular flexibility index (Phi) is 6.83. The molecule has 0 atom stereocenters. The van der Waals surface area contributed by atoms with Crippen LogP contribution in [0.3, 0.4) is 0 Å². The second-order valence-corrected chi connectivity index (χ2v) is 14.3. The number of phenolic OH excluding ortho intramolecular Hbond substituents is 2. The number of hydrogen-bond acceptors (Lipinski definition) is 4. The van der Waals surface area contributed by atoms with Crippen LogP contribution in [-0.2, 0) is 9.31 Å². The normalized spacial score (nSPS) is 15.6. The largest absolute Gasteiger partial charge is 0.505 e. The minimum Gasteiger partial charge on any atom is -0.505 e. The number of phenols is 2. The maximum Gasteiger partial charge on any atom is 0.494 e. The van der Waals surface area contributed by atoms with Crippen LogP contribution in [0.25, 0.3) is 65.3 Å². The summed E-state index contributed by atoms with van der Waals surface area (Å²) < 4.78 is 13.0. The van der Waals surface area contributed by atoms with Crippen molar-refractivity contribution < 1.29 is 19.5 Å². The third-order valence-electron chi connectivity index (χ3n) is 11.2. The van der Waals surface area contributed by atoms with E-state index in [9.17, 15) is 10.2 Å². The van der Waals surface area contributed by atoms with E-state index in [-0.39, 0.29) is 11.5 Å². The van der Waals surface area contributed by atoms with Gasteiger partial charge in [0, 0.05) is 11.1 Å². The van der Waals surface area contributed by atoms with Crippen LogP contribution in [0.4, 0.5) is 0 Å². The van der Waals surface area contributed by atoms with Crippen LogP contribution in [0.15, 0.2) is 97.1 Å². The Labute approximate surface area is 284 Å². The van der Waals surface area contributed by atoms with E-state index < -0.39 is 18.3 Å². The molecule has 0 bridgehead atoms. The summed E-state index contributed by atoms with van der Waals surface area (Å²) >= 11 is 0. The maximum absolute atomic E-state index is 11.5. The van der Waals surface area contributed by atoms with Crippen molar-refractivity contribution in [2.75, 3.05) is 0 Å². The first kappa shape index (κ1) is 30.7. The first-order valence-corrected chi connectivity index (χ1v) is 16.7. The molecule has 0 radical (unpaired) electrons. The van der Waals surface area contributed by atoms with Gasteiger partial charge in [0.1, 0.15) is 23.5 Å². The van der Waals surface area contributed by atoms with Gasteiger partial charge in [-0.25, -0.2) is 0 Å². The molecule has 1 aliphatic heterocycles. The van der Waals surface area contributed by atoms with Crippen molar-refractivity contribution in [1.29, 1.82) is 0 Å². The summed E-state index contributed by atoms with van der Waals surface area (Å²) in [4.78, 5) is 0. The molecule has 4 nitrogen and oxygen atoms in total. The molecule has 48 heavy (non-hydrogen) atoms. The zero-order valence-electron chi connectivity index (χ0n) is 28.5. The lowest BCUT2D eigenvalue weighted by molar-refractivity contribution is 0.00578. The van der Waals surface area contributed by atoms with Crippen LogP contribution < -0.4 is 21.9 Å². The lowest BCUT2D eigenvalue weighted by Gasteiger charge is -2.32. The molecule has 0 unspecified atom stereocenters. The van der Waals surface area contributed by atoms with Crippen molar-refractivity contribution in [3.8, 4) is 33.8 Å². The fraction of sp³-hybridized carbons (Fsp3) is 0.150. The highest BCUT2D eigenvalue weighted by Gasteiger charge is 2.51. The lowest BCUT2D eigenvalue weighted by Crippen LogP contribution is -2.41. The van der Waals surface area contributed by atoms with Gasteiger partial charge in [0.25, 0.3) is 0 Å². The predicted octanol–water partition coefficient (Wildman–Crippen LogP) is 4.12. The van der Waals surface area contributed by atoms with Gasteiger partial charge in [0.05, 0.1) is 11.2 Å². The van der Waals surface area contributed by atoms with Gasteiger partial charge in [-0.3, -0.25) is 0 Å². The molecule has 1 heterocycles. The Bertz CT molecular complexity index is 2390. The van der Waals surface area contributed by atoms with Crippen LogP contribution >= 0.6 is 0 Å². The van der Waals surface area contributed by atoms with Crippen molar-refractivity contribution >= 4 is 95.6 Å². The van der Waals surface area contributed by atoms with E-state index in [0.29, 0.717) is 11.0 Å². The lowest BCUT2D eigenvalue weighted by atomic mass is 9.68. The molecule has 8 heteroatoms. The van der Waals surface area contributed by atoms with E-state index in [2.05, 4.69) is 113 Å². The molecule has 232 valence electrons. The summed E-state index contributed by atoms with van der Waals surface area (Å²) in [6.07, 6.45) is 0. The van der Waals surface area contributed by atoms with Gasteiger partial charge in [-0.15, -0.1) is 0 Å². The SMILES string of the molecule is Bc1c(B)c(O)c(O)c(-c2c3ccccc3c(-c3cc4ccccc4c4cc(B5OC(C)(C)C(C)(C)O5)ccc34)c3ccccc23)c1B. The van der Waals surface area contributed by atoms with Gasteiger partial charge in [-0.1, -0.05) is 107 Å². The summed E-state index contributed by atoms with van der Waals surface area (Å²) in [5, 5.41) is 31.3. The van der Waals surface area contributed by atoms with Gasteiger partial charge in [0.2, 0.25) is 0 Å². The topological polar surface area (TPSA) is 58.9 Å². The van der Waals surface area contributed by atoms with Gasteiger partial charge in [0.15, 0.2) is 11.5 Å². The van der Waals surface area contributed by atoms with Crippen LogP contribution in [0.5, 0.6) is 11.5 Å². The number of rotatable bonds is 3. The number of hydrogen-bond donors (Lipinski definition) is 2. The summed E-state index contributed by atoms with van der Waals surface area (Å²) in [5.41, 5.74) is 6.60. The molecule has 0 saturated carbocycles.